The number of carbonyl (C=O) groups is 3. The van der Waals surface area contributed by atoms with Gasteiger partial charge in [-0.2, -0.15) is 8.42 Å². The van der Waals surface area contributed by atoms with E-state index in [1.165, 1.54) is 46.3 Å². The summed E-state index contributed by atoms with van der Waals surface area (Å²) in [7, 11) is 0.886. The third-order valence-electron chi connectivity index (χ3n) is 6.23. The zero-order valence-electron chi connectivity index (χ0n) is 28.3. The van der Waals surface area contributed by atoms with E-state index in [-0.39, 0.29) is 11.4 Å². The van der Waals surface area contributed by atoms with Crippen LogP contribution in [-0.2, 0) is 39.9 Å². The van der Waals surface area contributed by atoms with Crippen molar-refractivity contribution in [2.45, 2.75) is 90.0 Å². The van der Waals surface area contributed by atoms with Crippen LogP contribution < -0.4 is 24.8 Å². The second-order valence-corrected chi connectivity index (χ2v) is 12.6. The van der Waals surface area contributed by atoms with Gasteiger partial charge in [0.2, 0.25) is 0 Å². The second kappa shape index (κ2) is 18.8. The minimum atomic E-state index is -4.50. The summed E-state index contributed by atoms with van der Waals surface area (Å²) in [5, 5.41) is 4.92. The smallest absolute Gasteiger partial charge is 0.408 e. The third kappa shape index (κ3) is 13.1. The molecule has 14 heteroatoms. The number of unbranched alkanes of at least 4 members (excludes halogenated alkanes) is 1. The fourth-order valence-corrected chi connectivity index (χ4v) is 4.72. The molecule has 2 rings (SSSR count). The Kier molecular flexibility index (Phi) is 16.4. The first-order chi connectivity index (χ1) is 21.5. The molecule has 0 fully saturated rings. The highest BCUT2D eigenvalue weighted by atomic mass is 32.2. The first-order valence-corrected chi connectivity index (χ1v) is 16.1. The fraction of sp³-hybridized carbons (Fsp3) is 0.531. The van der Waals surface area contributed by atoms with Gasteiger partial charge in [-0.05, 0) is 39.8 Å². The highest BCUT2D eigenvalue weighted by Gasteiger charge is 2.35. The minimum absolute atomic E-state index is 0.179. The van der Waals surface area contributed by atoms with Crippen molar-refractivity contribution in [2.75, 3.05) is 28.4 Å². The van der Waals surface area contributed by atoms with Gasteiger partial charge < -0.3 is 34.3 Å². The number of esters is 1. The molecule has 0 unspecified atom stereocenters. The highest BCUT2D eigenvalue weighted by molar-refractivity contribution is 7.86. The molecule has 0 aromatic heterocycles. The van der Waals surface area contributed by atoms with Gasteiger partial charge in [-0.25, -0.2) is 9.59 Å². The van der Waals surface area contributed by atoms with E-state index in [1.807, 2.05) is 0 Å². The maximum Gasteiger partial charge on any atom is 0.408 e. The number of nitrogens with one attached hydrogen (secondary N) is 2. The molecule has 258 valence electrons. The number of methoxy groups -OCH3 is 4. The van der Waals surface area contributed by atoms with Gasteiger partial charge in [0.15, 0.2) is 6.10 Å². The molecule has 2 aromatic carbocycles. The molecule has 2 N–H and O–H groups in total. The largest absolute Gasteiger partial charge is 0.496 e. The Labute approximate surface area is 272 Å². The van der Waals surface area contributed by atoms with E-state index in [0.717, 1.165) is 12.7 Å². The summed E-state index contributed by atoms with van der Waals surface area (Å²) in [6.45, 7) is 10.8. The molecule has 0 heterocycles. The van der Waals surface area contributed by atoms with Crippen LogP contribution in [0.4, 0.5) is 4.79 Å². The van der Waals surface area contributed by atoms with Crippen molar-refractivity contribution in [1.29, 1.82) is 0 Å². The molecule has 0 aliphatic carbocycles. The van der Waals surface area contributed by atoms with Crippen LogP contribution in [0.5, 0.6) is 17.2 Å². The van der Waals surface area contributed by atoms with Crippen molar-refractivity contribution < 1.29 is 50.7 Å². The number of ether oxygens (including phenoxy) is 5. The molecule has 0 bridgehead atoms. The van der Waals surface area contributed by atoms with E-state index < -0.39 is 52.3 Å². The minimum Gasteiger partial charge on any atom is -0.496 e. The molecule has 0 aliphatic heterocycles. The summed E-state index contributed by atoms with van der Waals surface area (Å²) in [6.07, 6.45) is -0.739. The number of aryl methyl sites for hydroxylation is 1. The fourth-order valence-electron chi connectivity index (χ4n) is 3.67. The number of hydrogen-bond donors (Lipinski definition) is 2. The summed E-state index contributed by atoms with van der Waals surface area (Å²) in [4.78, 5) is 38.3. The number of amides is 2. The topological polar surface area (TPSA) is 165 Å². The molecular weight excluding hydrogens is 620 g/mol. The van der Waals surface area contributed by atoms with E-state index >= 15 is 0 Å². The van der Waals surface area contributed by atoms with E-state index in [4.69, 9.17) is 27.9 Å². The zero-order chi connectivity index (χ0) is 35.1. The quantitative estimate of drug-likeness (QED) is 0.212. The van der Waals surface area contributed by atoms with Crippen LogP contribution in [0.1, 0.15) is 65.0 Å². The van der Waals surface area contributed by atoms with Crippen molar-refractivity contribution in [2.24, 2.45) is 0 Å². The Bertz CT molecular complexity index is 1360. The van der Waals surface area contributed by atoms with Crippen LogP contribution in [0.15, 0.2) is 41.3 Å². The van der Waals surface area contributed by atoms with Gasteiger partial charge in [0.05, 0.1) is 45.4 Å². The van der Waals surface area contributed by atoms with Gasteiger partial charge in [-0.15, -0.1) is 0 Å². The average Bonchev–Trinajstić information content (AvgIpc) is 3.01. The van der Waals surface area contributed by atoms with E-state index in [9.17, 15) is 22.8 Å². The van der Waals surface area contributed by atoms with Crippen molar-refractivity contribution in [1.82, 2.24) is 10.6 Å². The molecule has 0 saturated carbocycles. The molecule has 0 radical (unpaired) electrons. The van der Waals surface area contributed by atoms with E-state index in [0.29, 0.717) is 22.8 Å². The highest BCUT2D eigenvalue weighted by Crippen LogP contribution is 2.34. The molecule has 0 aliphatic rings. The Hall–Kier alpha value is -4.04. The van der Waals surface area contributed by atoms with Gasteiger partial charge in [-0.3, -0.25) is 8.98 Å². The Morgan fingerprint density at radius 3 is 1.85 bits per heavy atom. The lowest BCUT2D eigenvalue weighted by atomic mass is 10.1. The van der Waals surface area contributed by atoms with Crippen LogP contribution in [0, 0.1) is 6.92 Å². The Morgan fingerprint density at radius 2 is 1.41 bits per heavy atom. The standard InChI is InChI=1S/C28H38N2O11S.C4H10/c1-17-9-11-19(12-10-17)42(34,35)41-24(15-21(26(32)39-8)30-27(33)40-28(2,3)4)25(31)29-16-20-22(37-6)13-18(36-5)14-23(20)38-7;1-3-4-2/h9-14,21,24H,15-16H2,1-8H3,(H,29,31)(H,30,33);3-4H2,1-2H3/t21-,24+;/m0./s1. The van der Waals surface area contributed by atoms with Crippen molar-refractivity contribution in [3.8, 4) is 17.2 Å². The monoisotopic (exact) mass is 668 g/mol. The number of hydrogen-bond acceptors (Lipinski definition) is 11. The molecule has 0 saturated heterocycles. The lowest BCUT2D eigenvalue weighted by molar-refractivity contribution is -0.144. The Morgan fingerprint density at radius 1 is 0.870 bits per heavy atom. The van der Waals surface area contributed by atoms with E-state index in [1.54, 1.807) is 52.0 Å². The molecule has 0 spiro atoms. The van der Waals surface area contributed by atoms with Crippen molar-refractivity contribution in [3.05, 3.63) is 47.5 Å². The second-order valence-electron chi connectivity index (χ2n) is 11.0. The predicted molar refractivity (Wildman–Crippen MR) is 172 cm³/mol. The molecule has 13 nitrogen and oxygen atoms in total. The Balaban J connectivity index is 0.00000249. The van der Waals surface area contributed by atoms with Gasteiger partial charge >= 0.3 is 12.1 Å². The summed E-state index contributed by atoms with van der Waals surface area (Å²) >= 11 is 0. The van der Waals surface area contributed by atoms with E-state index in [2.05, 4.69) is 24.5 Å². The predicted octanol–water partition coefficient (Wildman–Crippen LogP) is 4.67. The first-order valence-electron chi connectivity index (χ1n) is 14.7. The molecule has 2 atom stereocenters. The van der Waals surface area contributed by atoms with Crippen LogP contribution in [0.25, 0.3) is 0 Å². The lowest BCUT2D eigenvalue weighted by Gasteiger charge is -2.25. The first kappa shape index (κ1) is 40.0. The maximum atomic E-state index is 13.5. The number of alkyl carbamates (subject to hydrolysis) is 1. The number of benzene rings is 2. The molecular formula is C32H48N2O11S. The van der Waals surface area contributed by atoms with Gasteiger partial charge in [0, 0.05) is 18.6 Å². The average molecular weight is 669 g/mol. The normalized spacial score (nSPS) is 12.4. The molecule has 46 heavy (non-hydrogen) atoms. The summed E-state index contributed by atoms with van der Waals surface area (Å²) in [6, 6.07) is 7.44. The number of rotatable bonds is 14. The third-order valence-corrected chi connectivity index (χ3v) is 7.56. The number of carbonyl (C=O) groups excluding carboxylic acids is 3. The molecule has 2 amide bonds. The van der Waals surface area contributed by atoms with Gasteiger partial charge in [0.25, 0.3) is 16.0 Å². The van der Waals surface area contributed by atoms with Crippen LogP contribution in [0.2, 0.25) is 0 Å². The summed E-state index contributed by atoms with van der Waals surface area (Å²) in [5.74, 6) is -0.761. The van der Waals surface area contributed by atoms with Crippen LogP contribution >= 0.6 is 0 Å². The van der Waals surface area contributed by atoms with Crippen LogP contribution in [0.3, 0.4) is 0 Å². The SMILES string of the molecule is CCCC.COC(=O)[C@H](C[C@@H](OS(=O)(=O)c1ccc(C)cc1)C(=O)NCc1c(OC)cc(OC)cc1OC)NC(=O)OC(C)(C)C. The van der Waals surface area contributed by atoms with Crippen molar-refractivity contribution in [3.63, 3.8) is 0 Å². The summed E-state index contributed by atoms with van der Waals surface area (Å²) < 4.78 is 57.7. The van der Waals surface area contributed by atoms with Crippen molar-refractivity contribution >= 4 is 28.1 Å². The summed E-state index contributed by atoms with van der Waals surface area (Å²) in [5.41, 5.74) is 0.326. The zero-order valence-corrected chi connectivity index (χ0v) is 29.2. The molecule has 2 aromatic rings. The maximum absolute atomic E-state index is 13.5. The van der Waals surface area contributed by atoms with Crippen LogP contribution in [-0.4, -0.2) is 72.6 Å². The van der Waals surface area contributed by atoms with Gasteiger partial charge in [0.1, 0.15) is 28.9 Å². The lowest BCUT2D eigenvalue weighted by Crippen LogP contribution is -2.49. The van der Waals surface area contributed by atoms with Gasteiger partial charge in [-0.1, -0.05) is 44.4 Å².